The van der Waals surface area contributed by atoms with Gasteiger partial charge in [0.05, 0.1) is 23.0 Å². The van der Waals surface area contributed by atoms with Crippen LogP contribution in [0.15, 0.2) is 48.5 Å². The zero-order valence-electron chi connectivity index (χ0n) is 14.9. The lowest BCUT2D eigenvalue weighted by Crippen LogP contribution is -2.12. The van der Waals surface area contributed by atoms with E-state index >= 15 is 0 Å². The molecule has 0 radical (unpaired) electrons. The van der Waals surface area contributed by atoms with Gasteiger partial charge >= 0.3 is 0 Å². The standard InChI is InChI=1S/C22H24N2/c1-21(2,15-23)13-17-7-5-9-19(11-17)20-10-6-8-18(12-20)14-22(3,4)16-24/h5-12H,13-14H2,1-4H3. The fraction of sp³-hybridized carbons (Fsp3) is 0.364. The van der Waals surface area contributed by atoms with Crippen LogP contribution in [0.2, 0.25) is 0 Å². The van der Waals surface area contributed by atoms with Crippen molar-refractivity contribution in [3.63, 3.8) is 0 Å². The summed E-state index contributed by atoms with van der Waals surface area (Å²) in [6, 6.07) is 21.5. The summed E-state index contributed by atoms with van der Waals surface area (Å²) < 4.78 is 0. The predicted octanol–water partition coefficient (Wildman–Crippen LogP) is 5.54. The first-order valence-corrected chi connectivity index (χ1v) is 8.25. The molecule has 0 aromatic heterocycles. The van der Waals surface area contributed by atoms with Crippen LogP contribution in [0.5, 0.6) is 0 Å². The van der Waals surface area contributed by atoms with Crippen molar-refractivity contribution in [1.29, 1.82) is 10.5 Å². The highest BCUT2D eigenvalue weighted by Gasteiger charge is 2.19. The highest BCUT2D eigenvalue weighted by Crippen LogP contribution is 2.28. The molecule has 0 atom stereocenters. The number of nitrogens with zero attached hydrogens (tertiary/aromatic N) is 2. The Hall–Kier alpha value is -2.58. The third-order valence-electron chi connectivity index (χ3n) is 4.08. The van der Waals surface area contributed by atoms with Crippen LogP contribution >= 0.6 is 0 Å². The molecule has 0 N–H and O–H groups in total. The fourth-order valence-corrected chi connectivity index (χ4v) is 2.82. The van der Waals surface area contributed by atoms with Crippen molar-refractivity contribution in [3.8, 4) is 23.3 Å². The lowest BCUT2D eigenvalue weighted by Gasteiger charge is -2.17. The van der Waals surface area contributed by atoms with Gasteiger partial charge in [-0.25, -0.2) is 0 Å². The molecular formula is C22H24N2. The van der Waals surface area contributed by atoms with E-state index in [4.69, 9.17) is 0 Å². The molecule has 0 saturated heterocycles. The van der Waals surface area contributed by atoms with Crippen molar-refractivity contribution in [2.24, 2.45) is 10.8 Å². The number of benzene rings is 2. The molecule has 0 fully saturated rings. The molecule has 0 saturated carbocycles. The minimum absolute atomic E-state index is 0.364. The average Bonchev–Trinajstić information content (AvgIpc) is 2.54. The summed E-state index contributed by atoms with van der Waals surface area (Å²) in [6.07, 6.45) is 1.47. The second-order valence-electron chi connectivity index (χ2n) is 7.75. The van der Waals surface area contributed by atoms with E-state index in [2.05, 4.69) is 48.5 Å². The van der Waals surface area contributed by atoms with Crippen LogP contribution < -0.4 is 0 Å². The van der Waals surface area contributed by atoms with E-state index in [-0.39, 0.29) is 10.8 Å². The topological polar surface area (TPSA) is 47.6 Å². The summed E-state index contributed by atoms with van der Waals surface area (Å²) in [5.74, 6) is 0. The van der Waals surface area contributed by atoms with E-state index < -0.39 is 0 Å². The largest absolute Gasteiger partial charge is 0.198 e. The molecule has 0 heterocycles. The van der Waals surface area contributed by atoms with Crippen molar-refractivity contribution < 1.29 is 0 Å². The maximum absolute atomic E-state index is 9.23. The zero-order valence-corrected chi connectivity index (χ0v) is 14.9. The number of rotatable bonds is 5. The Morgan fingerprint density at radius 3 is 1.42 bits per heavy atom. The molecule has 0 amide bonds. The molecule has 0 unspecified atom stereocenters. The van der Waals surface area contributed by atoms with Crippen molar-refractivity contribution in [2.45, 2.75) is 40.5 Å². The Bertz CT molecular complexity index is 732. The molecule has 2 aromatic rings. The molecule has 2 aromatic carbocycles. The van der Waals surface area contributed by atoms with Crippen molar-refractivity contribution in [3.05, 3.63) is 59.7 Å². The summed E-state index contributed by atoms with van der Waals surface area (Å²) in [6.45, 7) is 7.85. The number of nitriles is 2. The minimum Gasteiger partial charge on any atom is -0.198 e. The zero-order chi connectivity index (χ0) is 17.8. The monoisotopic (exact) mass is 316 g/mol. The van der Waals surface area contributed by atoms with Gasteiger partial charge in [-0.05, 0) is 62.8 Å². The van der Waals surface area contributed by atoms with Gasteiger partial charge in [-0.3, -0.25) is 0 Å². The number of hydrogen-bond acceptors (Lipinski definition) is 2. The predicted molar refractivity (Wildman–Crippen MR) is 98.1 cm³/mol. The summed E-state index contributed by atoms with van der Waals surface area (Å²) in [4.78, 5) is 0. The lowest BCUT2D eigenvalue weighted by molar-refractivity contribution is 0.493. The van der Waals surface area contributed by atoms with Gasteiger partial charge in [0, 0.05) is 0 Å². The van der Waals surface area contributed by atoms with Crippen LogP contribution in [-0.2, 0) is 12.8 Å². The Kier molecular flexibility index (Phi) is 5.10. The van der Waals surface area contributed by atoms with Gasteiger partial charge in [0.1, 0.15) is 0 Å². The minimum atomic E-state index is -0.364. The van der Waals surface area contributed by atoms with Crippen LogP contribution in [0.3, 0.4) is 0 Å². The molecule has 122 valence electrons. The van der Waals surface area contributed by atoms with Gasteiger partial charge in [-0.15, -0.1) is 0 Å². The van der Waals surface area contributed by atoms with E-state index in [1.807, 2.05) is 39.8 Å². The summed E-state index contributed by atoms with van der Waals surface area (Å²) in [5.41, 5.74) is 3.91. The Labute approximate surface area is 145 Å². The molecule has 2 nitrogen and oxygen atoms in total. The van der Waals surface area contributed by atoms with Crippen LogP contribution in [0.4, 0.5) is 0 Å². The summed E-state index contributed by atoms with van der Waals surface area (Å²) in [7, 11) is 0. The molecule has 2 heteroatoms. The first-order chi connectivity index (χ1) is 11.2. The third-order valence-corrected chi connectivity index (χ3v) is 4.08. The van der Waals surface area contributed by atoms with E-state index in [9.17, 15) is 10.5 Å². The molecule has 0 aliphatic carbocycles. The summed E-state index contributed by atoms with van der Waals surface area (Å²) >= 11 is 0. The molecular weight excluding hydrogens is 292 g/mol. The van der Waals surface area contributed by atoms with E-state index in [0.717, 1.165) is 24.0 Å². The van der Waals surface area contributed by atoms with Gasteiger partial charge in [0.15, 0.2) is 0 Å². The SMILES string of the molecule is CC(C)(C#N)Cc1cccc(-c2cccc(CC(C)(C)C#N)c2)c1. The highest BCUT2D eigenvalue weighted by molar-refractivity contribution is 5.65. The van der Waals surface area contributed by atoms with Gasteiger partial charge in [0.2, 0.25) is 0 Å². The molecule has 0 spiro atoms. The first-order valence-electron chi connectivity index (χ1n) is 8.25. The Morgan fingerprint density at radius 2 is 1.08 bits per heavy atom. The molecule has 0 aliphatic rings. The fourth-order valence-electron chi connectivity index (χ4n) is 2.82. The first kappa shape index (κ1) is 17.8. The van der Waals surface area contributed by atoms with Crippen LogP contribution in [0.1, 0.15) is 38.8 Å². The van der Waals surface area contributed by atoms with E-state index in [1.54, 1.807) is 0 Å². The third kappa shape index (κ3) is 4.71. The van der Waals surface area contributed by atoms with Gasteiger partial charge in [-0.1, -0.05) is 48.5 Å². The molecule has 2 rings (SSSR count). The molecule has 0 bridgehead atoms. The second kappa shape index (κ2) is 6.90. The molecule has 24 heavy (non-hydrogen) atoms. The summed E-state index contributed by atoms with van der Waals surface area (Å²) in [5, 5.41) is 18.5. The van der Waals surface area contributed by atoms with Gasteiger partial charge in [-0.2, -0.15) is 10.5 Å². The second-order valence-corrected chi connectivity index (χ2v) is 7.75. The smallest absolute Gasteiger partial charge is 0.0687 e. The van der Waals surface area contributed by atoms with Gasteiger partial charge in [0.25, 0.3) is 0 Å². The lowest BCUT2D eigenvalue weighted by atomic mass is 9.85. The molecule has 0 aliphatic heterocycles. The Morgan fingerprint density at radius 1 is 0.708 bits per heavy atom. The maximum atomic E-state index is 9.23. The van der Waals surface area contributed by atoms with Crippen molar-refractivity contribution >= 4 is 0 Å². The van der Waals surface area contributed by atoms with Gasteiger partial charge < -0.3 is 0 Å². The highest BCUT2D eigenvalue weighted by atomic mass is 14.3. The van der Waals surface area contributed by atoms with E-state index in [1.165, 1.54) is 11.1 Å². The number of hydrogen-bond donors (Lipinski definition) is 0. The normalized spacial score (nSPS) is 11.6. The van der Waals surface area contributed by atoms with Crippen LogP contribution in [0, 0.1) is 33.5 Å². The van der Waals surface area contributed by atoms with Crippen LogP contribution in [0.25, 0.3) is 11.1 Å². The maximum Gasteiger partial charge on any atom is 0.0687 e. The van der Waals surface area contributed by atoms with Crippen molar-refractivity contribution in [1.82, 2.24) is 0 Å². The quantitative estimate of drug-likeness (QED) is 0.727. The Balaban J connectivity index is 2.30. The van der Waals surface area contributed by atoms with Crippen molar-refractivity contribution in [2.75, 3.05) is 0 Å². The average molecular weight is 316 g/mol. The van der Waals surface area contributed by atoms with Crippen LogP contribution in [-0.4, -0.2) is 0 Å². The van der Waals surface area contributed by atoms with E-state index in [0.29, 0.717) is 0 Å².